The summed E-state index contributed by atoms with van der Waals surface area (Å²) >= 11 is 0. The van der Waals surface area contributed by atoms with Crippen molar-refractivity contribution in [2.45, 2.75) is 13.2 Å². The minimum absolute atomic E-state index is 0.115. The average molecular weight is 439 g/mol. The van der Waals surface area contributed by atoms with E-state index < -0.39 is 4.92 Å². The molecule has 0 aliphatic heterocycles. The molecule has 4 aromatic carbocycles. The third kappa shape index (κ3) is 6.01. The zero-order valence-electron chi connectivity index (χ0n) is 17.7. The first kappa shape index (κ1) is 21.7. The molecule has 0 aliphatic rings. The maximum absolute atomic E-state index is 11.3. The Morgan fingerprint density at radius 2 is 1.24 bits per heavy atom. The number of azo groups is 1. The number of para-hydroxylation sites is 1. The fraction of sp³-hybridized carbons (Fsp3) is 0.0769. The molecule has 33 heavy (non-hydrogen) atoms. The van der Waals surface area contributed by atoms with Gasteiger partial charge in [0.2, 0.25) is 0 Å². The van der Waals surface area contributed by atoms with E-state index in [1.165, 1.54) is 6.07 Å². The van der Waals surface area contributed by atoms with Crippen molar-refractivity contribution in [2.24, 2.45) is 10.2 Å². The van der Waals surface area contributed by atoms with E-state index >= 15 is 0 Å². The third-order valence-corrected chi connectivity index (χ3v) is 4.76. The summed E-state index contributed by atoms with van der Waals surface area (Å²) in [6, 6.07) is 31.0. The molecule has 0 spiro atoms. The van der Waals surface area contributed by atoms with Crippen LogP contribution in [0, 0.1) is 10.1 Å². The maximum atomic E-state index is 11.3. The van der Waals surface area contributed by atoms with Crippen LogP contribution in [0.5, 0.6) is 11.5 Å². The highest BCUT2D eigenvalue weighted by molar-refractivity contribution is 5.58. The minimum atomic E-state index is -0.484. The molecule has 0 heterocycles. The smallest absolute Gasteiger partial charge is 0.296 e. The van der Waals surface area contributed by atoms with Crippen LogP contribution in [0.2, 0.25) is 0 Å². The Balaban J connectivity index is 1.58. The highest BCUT2D eigenvalue weighted by Crippen LogP contribution is 2.35. The SMILES string of the molecule is O=[N+]([O-])c1ccccc1N=Nc1ccc(OCc2ccccc2)cc1OCc1ccccc1. The van der Waals surface area contributed by atoms with Crippen LogP contribution >= 0.6 is 0 Å². The number of nitrogens with zero attached hydrogens (tertiary/aromatic N) is 3. The van der Waals surface area contributed by atoms with Crippen molar-refractivity contribution < 1.29 is 14.4 Å². The van der Waals surface area contributed by atoms with E-state index in [1.54, 1.807) is 36.4 Å². The fourth-order valence-corrected chi connectivity index (χ4v) is 3.07. The minimum Gasteiger partial charge on any atom is -0.489 e. The average Bonchev–Trinajstić information content (AvgIpc) is 2.87. The summed E-state index contributed by atoms with van der Waals surface area (Å²) < 4.78 is 11.9. The summed E-state index contributed by atoms with van der Waals surface area (Å²) in [5, 5.41) is 19.6. The molecule has 4 rings (SSSR count). The molecule has 0 bridgehead atoms. The summed E-state index contributed by atoms with van der Waals surface area (Å²) in [5.74, 6) is 1.08. The molecule has 0 radical (unpaired) electrons. The van der Waals surface area contributed by atoms with Gasteiger partial charge in [-0.1, -0.05) is 72.8 Å². The number of ether oxygens (including phenoxy) is 2. The lowest BCUT2D eigenvalue weighted by Gasteiger charge is -2.12. The van der Waals surface area contributed by atoms with Gasteiger partial charge in [0.1, 0.15) is 24.7 Å². The zero-order valence-corrected chi connectivity index (χ0v) is 17.7. The molecule has 0 atom stereocenters. The molecule has 0 amide bonds. The molecule has 164 valence electrons. The van der Waals surface area contributed by atoms with Gasteiger partial charge in [0.05, 0.1) is 4.92 Å². The van der Waals surface area contributed by atoms with Gasteiger partial charge in [-0.3, -0.25) is 10.1 Å². The second-order valence-corrected chi connectivity index (χ2v) is 7.12. The first-order chi connectivity index (χ1) is 16.2. The van der Waals surface area contributed by atoms with E-state index in [0.29, 0.717) is 30.4 Å². The van der Waals surface area contributed by atoms with Gasteiger partial charge >= 0.3 is 0 Å². The number of benzene rings is 4. The van der Waals surface area contributed by atoms with E-state index in [2.05, 4.69) is 10.2 Å². The van der Waals surface area contributed by atoms with Crippen molar-refractivity contribution in [1.82, 2.24) is 0 Å². The maximum Gasteiger partial charge on any atom is 0.296 e. The highest BCUT2D eigenvalue weighted by Gasteiger charge is 2.13. The quantitative estimate of drug-likeness (QED) is 0.157. The van der Waals surface area contributed by atoms with Crippen LogP contribution in [0.4, 0.5) is 17.1 Å². The molecule has 0 saturated heterocycles. The molecule has 7 heteroatoms. The molecular formula is C26H21N3O4. The zero-order chi connectivity index (χ0) is 22.9. The van der Waals surface area contributed by atoms with Crippen molar-refractivity contribution in [3.63, 3.8) is 0 Å². The molecule has 0 aliphatic carbocycles. The second kappa shape index (κ2) is 10.7. The number of nitro benzene ring substituents is 1. The van der Waals surface area contributed by atoms with Gasteiger partial charge in [-0.25, -0.2) is 0 Å². The predicted octanol–water partition coefficient (Wildman–Crippen LogP) is 7.17. The number of rotatable bonds is 9. The Morgan fingerprint density at radius 3 is 1.91 bits per heavy atom. The van der Waals surface area contributed by atoms with Gasteiger partial charge in [0.25, 0.3) is 5.69 Å². The summed E-state index contributed by atoms with van der Waals surface area (Å²) in [5.41, 5.74) is 2.53. The summed E-state index contributed by atoms with van der Waals surface area (Å²) in [6.45, 7) is 0.743. The van der Waals surface area contributed by atoms with Gasteiger partial charge in [-0.2, -0.15) is 0 Å². The van der Waals surface area contributed by atoms with Gasteiger partial charge < -0.3 is 9.47 Å². The van der Waals surface area contributed by atoms with Gasteiger partial charge in [0.15, 0.2) is 11.4 Å². The van der Waals surface area contributed by atoms with Crippen LogP contribution in [0.3, 0.4) is 0 Å². The topological polar surface area (TPSA) is 86.3 Å². The van der Waals surface area contributed by atoms with Crippen molar-refractivity contribution in [3.8, 4) is 11.5 Å². The van der Waals surface area contributed by atoms with E-state index in [4.69, 9.17) is 9.47 Å². The normalized spacial score (nSPS) is 10.8. The first-order valence-electron chi connectivity index (χ1n) is 10.3. The van der Waals surface area contributed by atoms with Crippen LogP contribution in [-0.2, 0) is 13.2 Å². The Morgan fingerprint density at radius 1 is 0.667 bits per heavy atom. The summed E-state index contributed by atoms with van der Waals surface area (Å²) in [7, 11) is 0. The number of nitro groups is 1. The van der Waals surface area contributed by atoms with Crippen molar-refractivity contribution >= 4 is 17.1 Å². The van der Waals surface area contributed by atoms with Crippen molar-refractivity contribution in [3.05, 3.63) is 124 Å². The summed E-state index contributed by atoms with van der Waals surface area (Å²) in [4.78, 5) is 10.8. The molecule has 0 fully saturated rings. The van der Waals surface area contributed by atoms with Crippen molar-refractivity contribution in [1.29, 1.82) is 0 Å². The van der Waals surface area contributed by atoms with Crippen LogP contribution < -0.4 is 9.47 Å². The van der Waals surface area contributed by atoms with Gasteiger partial charge in [0, 0.05) is 12.1 Å². The highest BCUT2D eigenvalue weighted by atomic mass is 16.6. The fourth-order valence-electron chi connectivity index (χ4n) is 3.07. The van der Waals surface area contributed by atoms with E-state index in [-0.39, 0.29) is 11.4 Å². The van der Waals surface area contributed by atoms with E-state index in [9.17, 15) is 10.1 Å². The van der Waals surface area contributed by atoms with Gasteiger partial charge in [-0.15, -0.1) is 10.2 Å². The summed E-state index contributed by atoms with van der Waals surface area (Å²) in [6.07, 6.45) is 0. The molecule has 0 unspecified atom stereocenters. The number of hydrogen-bond donors (Lipinski definition) is 0. The van der Waals surface area contributed by atoms with Crippen LogP contribution in [0.15, 0.2) is 113 Å². The molecule has 4 aromatic rings. The van der Waals surface area contributed by atoms with Gasteiger partial charge in [-0.05, 0) is 29.3 Å². The molecule has 0 saturated carbocycles. The van der Waals surface area contributed by atoms with Crippen LogP contribution in [0.1, 0.15) is 11.1 Å². The van der Waals surface area contributed by atoms with E-state index in [1.807, 2.05) is 60.7 Å². The molecule has 0 N–H and O–H groups in total. The molecular weight excluding hydrogens is 418 g/mol. The lowest BCUT2D eigenvalue weighted by atomic mass is 10.2. The lowest BCUT2D eigenvalue weighted by molar-refractivity contribution is -0.384. The second-order valence-electron chi connectivity index (χ2n) is 7.12. The predicted molar refractivity (Wildman–Crippen MR) is 125 cm³/mol. The third-order valence-electron chi connectivity index (χ3n) is 4.76. The standard InChI is InChI=1S/C26H21N3O4/c30-29(31)25-14-8-7-13-23(25)27-28-24-16-15-22(32-18-20-9-3-1-4-10-20)17-26(24)33-19-21-11-5-2-6-12-21/h1-17H,18-19H2. The molecule has 7 nitrogen and oxygen atoms in total. The molecule has 0 aromatic heterocycles. The Hall–Kier alpha value is -4.52. The van der Waals surface area contributed by atoms with Crippen LogP contribution in [0.25, 0.3) is 0 Å². The first-order valence-corrected chi connectivity index (χ1v) is 10.3. The monoisotopic (exact) mass is 439 g/mol. The van der Waals surface area contributed by atoms with Crippen LogP contribution in [-0.4, -0.2) is 4.92 Å². The number of hydrogen-bond acceptors (Lipinski definition) is 6. The lowest BCUT2D eigenvalue weighted by Crippen LogP contribution is -1.98. The Labute approximate surface area is 191 Å². The van der Waals surface area contributed by atoms with Crippen molar-refractivity contribution in [2.75, 3.05) is 0 Å². The Kier molecular flexibility index (Phi) is 7.02. The largest absolute Gasteiger partial charge is 0.489 e. The Bertz CT molecular complexity index is 1240. The van der Waals surface area contributed by atoms with E-state index in [0.717, 1.165) is 11.1 Å².